The molecule has 0 atom stereocenters. The number of carbonyl (C=O) groups is 1. The van der Waals surface area contributed by atoms with Gasteiger partial charge in [-0.15, -0.1) is 0 Å². The minimum Gasteiger partial charge on any atom is -0.497 e. The summed E-state index contributed by atoms with van der Waals surface area (Å²) < 4.78 is 5.38. The number of benzene rings is 2. The number of methoxy groups -OCH3 is 1. The smallest absolute Gasteiger partial charge is 0.272 e. The van der Waals surface area contributed by atoms with Crippen LogP contribution in [-0.2, 0) is 0 Å². The molecule has 1 amide bonds. The quantitative estimate of drug-likeness (QED) is 0.708. The van der Waals surface area contributed by atoms with Crippen molar-refractivity contribution in [3.63, 3.8) is 0 Å². The number of aromatic nitrogens is 1. The Morgan fingerprint density at radius 2 is 1.86 bits per heavy atom. The largest absolute Gasteiger partial charge is 0.497 e. The van der Waals surface area contributed by atoms with Crippen LogP contribution >= 0.6 is 0 Å². The second kappa shape index (κ2) is 7.89. The first kappa shape index (κ1) is 18.3. The number of carbonyl (C=O) groups excluding carboxylic acids is 1. The number of nitrogens with zero attached hydrogens (tertiary/aromatic N) is 2. The predicted octanol–water partition coefficient (Wildman–Crippen LogP) is 4.86. The van der Waals surface area contributed by atoms with Crippen LogP contribution in [0.25, 0.3) is 10.9 Å². The monoisotopic (exact) mass is 375 g/mol. The molecule has 28 heavy (non-hydrogen) atoms. The van der Waals surface area contributed by atoms with E-state index in [4.69, 9.17) is 4.74 Å². The fraction of sp³-hybridized carbons (Fsp3) is 0.304. The van der Waals surface area contributed by atoms with Gasteiger partial charge in [-0.05, 0) is 55.2 Å². The zero-order chi connectivity index (χ0) is 19.5. The molecule has 1 aliphatic rings. The number of pyridine rings is 1. The molecule has 2 aromatic carbocycles. The van der Waals surface area contributed by atoms with Crippen molar-refractivity contribution in [2.24, 2.45) is 5.92 Å². The highest BCUT2D eigenvalue weighted by Gasteiger charge is 2.23. The maximum Gasteiger partial charge on any atom is 0.272 e. The number of hydrogen-bond donors (Lipinski definition) is 1. The van der Waals surface area contributed by atoms with Crippen molar-refractivity contribution < 1.29 is 9.53 Å². The maximum absolute atomic E-state index is 13.1. The van der Waals surface area contributed by atoms with Crippen LogP contribution in [0.15, 0.2) is 54.6 Å². The van der Waals surface area contributed by atoms with Gasteiger partial charge in [0.1, 0.15) is 11.4 Å². The number of amides is 1. The van der Waals surface area contributed by atoms with E-state index in [0.29, 0.717) is 11.6 Å². The molecule has 5 nitrogen and oxygen atoms in total. The molecule has 4 rings (SSSR count). The molecular weight excluding hydrogens is 350 g/mol. The lowest BCUT2D eigenvalue weighted by molar-refractivity contribution is 0.0692. The molecule has 1 fully saturated rings. The van der Waals surface area contributed by atoms with Crippen LogP contribution in [0.4, 0.5) is 11.4 Å². The van der Waals surface area contributed by atoms with Gasteiger partial charge in [0.2, 0.25) is 0 Å². The van der Waals surface area contributed by atoms with E-state index in [2.05, 4.69) is 17.2 Å². The Balaban J connectivity index is 1.74. The Bertz CT molecular complexity index is 980. The minimum absolute atomic E-state index is 0.000676. The highest BCUT2D eigenvalue weighted by molar-refractivity contribution is 6.01. The van der Waals surface area contributed by atoms with Crippen LogP contribution in [0.2, 0.25) is 0 Å². The van der Waals surface area contributed by atoms with Crippen LogP contribution in [-0.4, -0.2) is 36.0 Å². The number of hydrogen-bond acceptors (Lipinski definition) is 4. The van der Waals surface area contributed by atoms with Gasteiger partial charge in [-0.3, -0.25) is 4.79 Å². The molecule has 0 saturated carbocycles. The first-order valence-corrected chi connectivity index (χ1v) is 9.74. The Labute approximate surface area is 165 Å². The van der Waals surface area contributed by atoms with E-state index >= 15 is 0 Å². The van der Waals surface area contributed by atoms with E-state index in [1.807, 2.05) is 59.5 Å². The van der Waals surface area contributed by atoms with Crippen molar-refractivity contribution >= 4 is 28.2 Å². The molecule has 0 aliphatic carbocycles. The molecule has 1 aromatic heterocycles. The molecule has 1 N–H and O–H groups in total. The predicted molar refractivity (Wildman–Crippen MR) is 112 cm³/mol. The topological polar surface area (TPSA) is 54.5 Å². The number of para-hydroxylation sites is 1. The Morgan fingerprint density at radius 1 is 1.11 bits per heavy atom. The first-order valence-electron chi connectivity index (χ1n) is 9.74. The molecule has 0 radical (unpaired) electrons. The number of piperidine rings is 1. The molecule has 144 valence electrons. The fourth-order valence-electron chi connectivity index (χ4n) is 3.60. The lowest BCUT2D eigenvalue weighted by Crippen LogP contribution is -2.38. The molecule has 1 aliphatic heterocycles. The van der Waals surface area contributed by atoms with Crippen LogP contribution in [0.5, 0.6) is 5.75 Å². The van der Waals surface area contributed by atoms with Gasteiger partial charge in [0.05, 0.1) is 18.3 Å². The van der Waals surface area contributed by atoms with Crippen LogP contribution in [0.1, 0.15) is 30.3 Å². The molecule has 5 heteroatoms. The summed E-state index contributed by atoms with van der Waals surface area (Å²) in [5, 5.41) is 4.36. The van der Waals surface area contributed by atoms with E-state index in [1.54, 1.807) is 7.11 Å². The summed E-state index contributed by atoms with van der Waals surface area (Å²) in [5.41, 5.74) is 3.06. The van der Waals surface area contributed by atoms with Gasteiger partial charge in [-0.25, -0.2) is 4.98 Å². The van der Waals surface area contributed by atoms with Gasteiger partial charge >= 0.3 is 0 Å². The summed E-state index contributed by atoms with van der Waals surface area (Å²) in [4.78, 5) is 19.7. The van der Waals surface area contributed by atoms with Crippen molar-refractivity contribution in [1.29, 1.82) is 0 Å². The SMILES string of the molecule is COc1ccc2nc(C(=O)N3CCC(C)CC3)cc(Nc3ccccc3)c2c1. The second-order valence-electron chi connectivity index (χ2n) is 7.40. The van der Waals surface area contributed by atoms with Gasteiger partial charge in [0, 0.05) is 24.2 Å². The average molecular weight is 375 g/mol. The van der Waals surface area contributed by atoms with Crippen molar-refractivity contribution in [1.82, 2.24) is 9.88 Å². The van der Waals surface area contributed by atoms with Gasteiger partial charge < -0.3 is 15.0 Å². The minimum atomic E-state index is 0.000676. The third-order valence-corrected chi connectivity index (χ3v) is 5.36. The number of rotatable bonds is 4. The highest BCUT2D eigenvalue weighted by atomic mass is 16.5. The summed E-state index contributed by atoms with van der Waals surface area (Å²) >= 11 is 0. The van der Waals surface area contributed by atoms with Gasteiger partial charge in [-0.1, -0.05) is 25.1 Å². The molecule has 3 aromatic rings. The first-order chi connectivity index (χ1) is 13.6. The van der Waals surface area contributed by atoms with Gasteiger partial charge in [0.25, 0.3) is 5.91 Å². The number of likely N-dealkylation sites (tertiary alicyclic amines) is 1. The molecule has 1 saturated heterocycles. The van der Waals surface area contributed by atoms with Crippen LogP contribution in [0, 0.1) is 5.92 Å². The van der Waals surface area contributed by atoms with Crippen LogP contribution in [0.3, 0.4) is 0 Å². The molecule has 0 unspecified atom stereocenters. The number of ether oxygens (including phenoxy) is 1. The van der Waals surface area contributed by atoms with E-state index < -0.39 is 0 Å². The van der Waals surface area contributed by atoms with E-state index in [0.717, 1.165) is 54.0 Å². The molecule has 0 spiro atoms. The second-order valence-corrected chi connectivity index (χ2v) is 7.40. The Morgan fingerprint density at radius 3 is 2.57 bits per heavy atom. The standard InChI is InChI=1S/C23H25N3O2/c1-16-10-12-26(13-11-16)23(27)22-15-21(24-17-6-4-3-5-7-17)19-14-18(28-2)8-9-20(19)25-22/h3-9,14-16H,10-13H2,1-2H3,(H,24,25). The van der Waals surface area contributed by atoms with Gasteiger partial charge in [-0.2, -0.15) is 0 Å². The van der Waals surface area contributed by atoms with E-state index in [9.17, 15) is 4.79 Å². The lowest BCUT2D eigenvalue weighted by atomic mass is 9.99. The molecule has 0 bridgehead atoms. The summed E-state index contributed by atoms with van der Waals surface area (Å²) in [6, 6.07) is 17.5. The average Bonchev–Trinajstić information content (AvgIpc) is 2.74. The number of fused-ring (bicyclic) bond motifs is 1. The van der Waals surface area contributed by atoms with Crippen molar-refractivity contribution in [3.8, 4) is 5.75 Å². The number of nitrogens with one attached hydrogen (secondary N) is 1. The third kappa shape index (κ3) is 3.79. The molecule has 2 heterocycles. The van der Waals surface area contributed by atoms with E-state index in [-0.39, 0.29) is 5.91 Å². The van der Waals surface area contributed by atoms with Crippen molar-refractivity contribution in [3.05, 3.63) is 60.3 Å². The zero-order valence-corrected chi connectivity index (χ0v) is 16.3. The fourth-order valence-corrected chi connectivity index (χ4v) is 3.60. The third-order valence-electron chi connectivity index (χ3n) is 5.36. The van der Waals surface area contributed by atoms with Gasteiger partial charge in [0.15, 0.2) is 0 Å². The Kier molecular flexibility index (Phi) is 5.15. The highest BCUT2D eigenvalue weighted by Crippen LogP contribution is 2.30. The summed E-state index contributed by atoms with van der Waals surface area (Å²) in [6.45, 7) is 3.83. The van der Waals surface area contributed by atoms with Crippen molar-refractivity contribution in [2.75, 3.05) is 25.5 Å². The lowest BCUT2D eigenvalue weighted by Gasteiger charge is -2.30. The van der Waals surface area contributed by atoms with Crippen LogP contribution < -0.4 is 10.1 Å². The summed E-state index contributed by atoms with van der Waals surface area (Å²) in [6.07, 6.45) is 2.09. The normalized spacial score (nSPS) is 14.9. The summed E-state index contributed by atoms with van der Waals surface area (Å²) in [7, 11) is 1.65. The Hall–Kier alpha value is -3.08. The summed E-state index contributed by atoms with van der Waals surface area (Å²) in [5.74, 6) is 1.44. The maximum atomic E-state index is 13.1. The number of anilines is 2. The zero-order valence-electron chi connectivity index (χ0n) is 16.3. The molecular formula is C23H25N3O2. The van der Waals surface area contributed by atoms with E-state index in [1.165, 1.54) is 0 Å². The van der Waals surface area contributed by atoms with Crippen molar-refractivity contribution in [2.45, 2.75) is 19.8 Å².